The molecule has 6 aromatic rings. The van der Waals surface area contributed by atoms with Crippen LogP contribution in [0.15, 0.2) is 121 Å². The van der Waals surface area contributed by atoms with Gasteiger partial charge in [0.05, 0.1) is 47.8 Å². The molecule has 2 N–H and O–H groups in total. The smallest absolute Gasteiger partial charge is 0.264 e. The van der Waals surface area contributed by atoms with Crippen LogP contribution in [0.25, 0.3) is 10.8 Å². The number of aromatic nitrogens is 3. The van der Waals surface area contributed by atoms with Gasteiger partial charge in [-0.3, -0.25) is 19.2 Å². The number of amides is 2. The van der Waals surface area contributed by atoms with Crippen LogP contribution in [0.4, 0.5) is 17.1 Å². The van der Waals surface area contributed by atoms with E-state index in [1.54, 1.807) is 14.5 Å². The van der Waals surface area contributed by atoms with Gasteiger partial charge in [-0.1, -0.05) is 97.1 Å². The molecule has 4 heterocycles. The number of aryl methyl sites for hydroxylation is 1. The topological polar surface area (TPSA) is 121 Å². The summed E-state index contributed by atoms with van der Waals surface area (Å²) in [5.74, 6) is -0.821. The largest absolute Gasteiger partial charge is 0.432 e. The van der Waals surface area contributed by atoms with Gasteiger partial charge in [0.25, 0.3) is 11.8 Å². The lowest BCUT2D eigenvalue weighted by Gasteiger charge is -2.32. The number of aliphatic hydroxyl groups excluding tert-OH is 1. The molecule has 11 heteroatoms. The number of ether oxygens (including phenoxy) is 1. The molecule has 0 saturated carbocycles. The van der Waals surface area contributed by atoms with Gasteiger partial charge in [0.1, 0.15) is 0 Å². The Labute approximate surface area is 320 Å². The fourth-order valence-electron chi connectivity index (χ4n) is 9.50. The zero-order valence-electron chi connectivity index (χ0n) is 31.0. The molecule has 9 rings (SSSR count). The number of hydrogen-bond donors (Lipinski definition) is 2. The molecule has 0 bridgehead atoms. The maximum Gasteiger partial charge on any atom is 0.264 e. The van der Waals surface area contributed by atoms with E-state index >= 15 is 4.79 Å². The van der Waals surface area contributed by atoms with Crippen LogP contribution in [-0.4, -0.2) is 57.7 Å². The molecular weight excluding hydrogens is 707 g/mol. The van der Waals surface area contributed by atoms with Crippen molar-refractivity contribution in [3.05, 3.63) is 149 Å². The number of nitrogens with zero attached hydrogens (tertiary/aromatic N) is 5. The second kappa shape index (κ2) is 13.4. The second-order valence-electron chi connectivity index (χ2n) is 15.6. The van der Waals surface area contributed by atoms with Gasteiger partial charge in [-0.15, -0.1) is 5.10 Å². The third-order valence-corrected chi connectivity index (χ3v) is 14.4. The standard InChI is InChI=1S/C44H43N5O5Si/c1-28-41(55(2,3)53)39(22-23-47-26-36(45-46-47)34(27-50)30-13-5-4-6-14-30)54-44(28)35-19-7-8-20-37(35)48(43(44)52)25-29-12-9-17-32(24-29)49-38-21-11-16-31-15-10-18-33(40(31)38)42(49)51/h4-21,24,26,28,34,39,41,50,53H,22-23,25,27H2,1-3H3/t28-,34?,39+,41-,44+/m0/s1. The molecule has 0 radical (unpaired) electrons. The van der Waals surface area contributed by atoms with Gasteiger partial charge < -0.3 is 19.5 Å². The minimum Gasteiger partial charge on any atom is -0.432 e. The van der Waals surface area contributed by atoms with Crippen LogP contribution in [0.2, 0.25) is 18.6 Å². The normalized spacial score (nSPS) is 22.3. The van der Waals surface area contributed by atoms with Gasteiger partial charge in [0, 0.05) is 40.8 Å². The fraction of sp³-hybridized carbons (Fsp3) is 0.273. The Bertz CT molecular complexity index is 2440. The minimum atomic E-state index is -2.88. The SMILES string of the molecule is C[C@H]1[C@H]([Si](C)(C)O)[C@@H](CCn2cc(C(CO)c3ccccc3)nn2)O[C@]12C(=O)N(Cc1cccc(N3C(=O)c4cccc5cccc3c45)c1)c1ccccc12. The number of hydrogen-bond acceptors (Lipinski definition) is 7. The van der Waals surface area contributed by atoms with Crippen LogP contribution in [0.1, 0.15) is 52.0 Å². The van der Waals surface area contributed by atoms with Crippen molar-refractivity contribution in [1.29, 1.82) is 0 Å². The number of aliphatic hydroxyl groups is 1. The summed E-state index contributed by atoms with van der Waals surface area (Å²) in [5.41, 5.74) is 4.86. The number of rotatable bonds is 10. The number of fused-ring (bicyclic) bond motifs is 2. The molecule has 3 aliphatic rings. The molecule has 1 aromatic heterocycles. The van der Waals surface area contributed by atoms with Crippen LogP contribution in [0.3, 0.4) is 0 Å². The molecule has 5 atom stereocenters. The zero-order valence-corrected chi connectivity index (χ0v) is 32.0. The molecule has 1 fully saturated rings. The Hall–Kier alpha value is -5.46. The van der Waals surface area contributed by atoms with E-state index in [4.69, 9.17) is 4.74 Å². The lowest BCUT2D eigenvalue weighted by Crippen LogP contribution is -2.46. The van der Waals surface area contributed by atoms with Crippen LogP contribution >= 0.6 is 0 Å². The number of anilines is 3. The Kier molecular flexibility index (Phi) is 8.58. The zero-order chi connectivity index (χ0) is 38.1. The Morgan fingerprint density at radius 2 is 1.62 bits per heavy atom. The van der Waals surface area contributed by atoms with Crippen molar-refractivity contribution in [3.63, 3.8) is 0 Å². The van der Waals surface area contributed by atoms with Crippen molar-refractivity contribution in [2.75, 3.05) is 16.4 Å². The van der Waals surface area contributed by atoms with Crippen molar-refractivity contribution >= 4 is 48.0 Å². The molecule has 0 aliphatic carbocycles. The highest BCUT2D eigenvalue weighted by atomic mass is 28.4. The summed E-state index contributed by atoms with van der Waals surface area (Å²) in [6.45, 7) is 6.56. The first-order valence-corrected chi connectivity index (χ1v) is 21.9. The van der Waals surface area contributed by atoms with Gasteiger partial charge in [0.2, 0.25) is 0 Å². The molecule has 1 saturated heterocycles. The van der Waals surface area contributed by atoms with Gasteiger partial charge >= 0.3 is 0 Å². The average Bonchev–Trinajstić information content (AvgIpc) is 3.91. The Balaban J connectivity index is 0.997. The van der Waals surface area contributed by atoms with Gasteiger partial charge in [-0.2, -0.15) is 0 Å². The van der Waals surface area contributed by atoms with Gasteiger partial charge in [-0.25, -0.2) is 0 Å². The van der Waals surface area contributed by atoms with Crippen LogP contribution in [-0.2, 0) is 28.2 Å². The summed E-state index contributed by atoms with van der Waals surface area (Å²) in [7, 11) is -2.88. The van der Waals surface area contributed by atoms with E-state index in [9.17, 15) is 14.7 Å². The van der Waals surface area contributed by atoms with Crippen molar-refractivity contribution in [2.24, 2.45) is 5.92 Å². The lowest BCUT2D eigenvalue weighted by molar-refractivity contribution is -0.146. The van der Waals surface area contributed by atoms with Crippen LogP contribution < -0.4 is 9.80 Å². The minimum absolute atomic E-state index is 0.0712. The summed E-state index contributed by atoms with van der Waals surface area (Å²) in [4.78, 5) is 44.1. The van der Waals surface area contributed by atoms with Crippen molar-refractivity contribution in [2.45, 2.75) is 62.7 Å². The second-order valence-corrected chi connectivity index (χ2v) is 19.6. The summed E-state index contributed by atoms with van der Waals surface area (Å²) >= 11 is 0. The highest BCUT2D eigenvalue weighted by Crippen LogP contribution is 2.60. The lowest BCUT2D eigenvalue weighted by atomic mass is 9.82. The molecule has 55 heavy (non-hydrogen) atoms. The molecular formula is C44H43N5O5Si. The maximum atomic E-state index is 15.0. The van der Waals surface area contributed by atoms with Crippen molar-refractivity contribution < 1.29 is 24.2 Å². The van der Waals surface area contributed by atoms with Crippen molar-refractivity contribution in [3.8, 4) is 0 Å². The summed E-state index contributed by atoms with van der Waals surface area (Å²) in [5, 5.41) is 21.0. The highest BCUT2D eigenvalue weighted by Gasteiger charge is 2.66. The number of carbonyl (C=O) groups excluding carboxylic acids is 2. The molecule has 1 unspecified atom stereocenters. The van der Waals surface area contributed by atoms with Crippen molar-refractivity contribution in [1.82, 2.24) is 15.0 Å². The monoisotopic (exact) mass is 749 g/mol. The highest BCUT2D eigenvalue weighted by molar-refractivity contribution is 6.71. The molecule has 3 aliphatic heterocycles. The number of carbonyl (C=O) groups is 2. The first kappa shape index (κ1) is 35.3. The number of benzene rings is 5. The molecule has 2 amide bonds. The fourth-order valence-corrected chi connectivity index (χ4v) is 12.1. The summed E-state index contributed by atoms with van der Waals surface area (Å²) < 4.78 is 8.81. The van der Waals surface area contributed by atoms with Crippen LogP contribution in [0, 0.1) is 5.92 Å². The predicted molar refractivity (Wildman–Crippen MR) is 214 cm³/mol. The maximum absolute atomic E-state index is 15.0. The first-order valence-electron chi connectivity index (χ1n) is 18.9. The summed E-state index contributed by atoms with van der Waals surface area (Å²) in [6.07, 6.45) is 1.96. The average molecular weight is 750 g/mol. The first-order chi connectivity index (χ1) is 26.6. The third kappa shape index (κ3) is 5.64. The molecule has 10 nitrogen and oxygen atoms in total. The van der Waals surface area contributed by atoms with Gasteiger partial charge in [-0.05, 0) is 66.4 Å². The van der Waals surface area contributed by atoms with E-state index in [1.165, 1.54) is 0 Å². The quantitative estimate of drug-likeness (QED) is 0.141. The van der Waals surface area contributed by atoms with E-state index in [0.29, 0.717) is 24.2 Å². The Morgan fingerprint density at radius 3 is 2.40 bits per heavy atom. The Morgan fingerprint density at radius 1 is 0.891 bits per heavy atom. The third-order valence-electron chi connectivity index (χ3n) is 11.9. The van der Waals surface area contributed by atoms with E-state index in [-0.39, 0.29) is 42.3 Å². The summed E-state index contributed by atoms with van der Waals surface area (Å²) in [6, 6.07) is 37.2. The molecule has 5 aromatic carbocycles. The van der Waals surface area contributed by atoms with Gasteiger partial charge in [0.15, 0.2) is 13.9 Å². The number of para-hydroxylation sites is 1. The molecule has 278 valence electrons. The van der Waals surface area contributed by atoms with E-state index in [1.807, 2.05) is 141 Å². The van der Waals surface area contributed by atoms with E-state index in [0.717, 1.165) is 44.5 Å². The van der Waals surface area contributed by atoms with E-state index in [2.05, 4.69) is 10.3 Å². The molecule has 1 spiro atoms. The van der Waals surface area contributed by atoms with E-state index < -0.39 is 20.0 Å². The predicted octanol–water partition coefficient (Wildman–Crippen LogP) is 7.28. The van der Waals surface area contributed by atoms with Crippen LogP contribution in [0.5, 0.6) is 0 Å².